The van der Waals surface area contributed by atoms with Gasteiger partial charge in [0.05, 0.1) is 17.0 Å². The van der Waals surface area contributed by atoms with Crippen molar-refractivity contribution in [2.24, 2.45) is 5.41 Å². The van der Waals surface area contributed by atoms with Crippen LogP contribution in [0.3, 0.4) is 0 Å². The molecule has 6 nitrogen and oxygen atoms in total. The standard InChI is InChI=1S/C19H23N3O3S/c1-3-25-15-10-14(19(15)7-4-8-19)22(2)17(24)11-5-6-12-13(9-11)20-18(26)21-16(12)23/h5-6,9,14-15H,3-4,7-8,10H2,1-2H3,(H2,20,21,23,26). The molecule has 26 heavy (non-hydrogen) atoms. The number of aromatic amines is 2. The summed E-state index contributed by atoms with van der Waals surface area (Å²) in [6.07, 6.45) is 4.62. The highest BCUT2D eigenvalue weighted by Crippen LogP contribution is 2.59. The molecule has 1 spiro atoms. The Bertz CT molecular complexity index is 976. The van der Waals surface area contributed by atoms with Gasteiger partial charge in [-0.25, -0.2) is 0 Å². The van der Waals surface area contributed by atoms with Crippen molar-refractivity contribution >= 4 is 29.0 Å². The number of H-pyrrole nitrogens is 2. The van der Waals surface area contributed by atoms with E-state index in [-0.39, 0.29) is 33.8 Å². The quantitative estimate of drug-likeness (QED) is 0.808. The molecule has 1 aromatic carbocycles. The van der Waals surface area contributed by atoms with Gasteiger partial charge in [0.25, 0.3) is 11.5 Å². The number of fused-ring (bicyclic) bond motifs is 1. The molecule has 2 aliphatic rings. The lowest BCUT2D eigenvalue weighted by molar-refractivity contribution is -0.192. The normalized spacial score (nSPS) is 23.5. The van der Waals surface area contributed by atoms with E-state index in [2.05, 4.69) is 9.97 Å². The third-order valence-corrected chi connectivity index (χ3v) is 6.37. The van der Waals surface area contributed by atoms with Crippen LogP contribution in [0, 0.1) is 10.2 Å². The highest BCUT2D eigenvalue weighted by Gasteiger charge is 2.60. The molecule has 0 saturated heterocycles. The van der Waals surface area contributed by atoms with Crippen molar-refractivity contribution < 1.29 is 9.53 Å². The minimum atomic E-state index is -0.247. The topological polar surface area (TPSA) is 78.2 Å². The molecule has 4 rings (SSSR count). The van der Waals surface area contributed by atoms with Crippen LogP contribution in [-0.4, -0.2) is 46.6 Å². The molecule has 1 heterocycles. The number of nitrogens with one attached hydrogen (secondary N) is 2. The third-order valence-electron chi connectivity index (χ3n) is 6.17. The van der Waals surface area contributed by atoms with E-state index in [1.54, 1.807) is 18.2 Å². The predicted molar refractivity (Wildman–Crippen MR) is 102 cm³/mol. The lowest BCUT2D eigenvalue weighted by atomic mass is 9.50. The molecule has 0 radical (unpaired) electrons. The maximum Gasteiger partial charge on any atom is 0.259 e. The van der Waals surface area contributed by atoms with E-state index in [0.29, 0.717) is 16.5 Å². The van der Waals surface area contributed by atoms with Crippen LogP contribution in [0.25, 0.3) is 10.9 Å². The van der Waals surface area contributed by atoms with E-state index >= 15 is 0 Å². The fourth-order valence-electron chi connectivity index (χ4n) is 4.59. The second-order valence-electron chi connectivity index (χ2n) is 7.37. The summed E-state index contributed by atoms with van der Waals surface area (Å²) in [5.41, 5.74) is 1.03. The van der Waals surface area contributed by atoms with E-state index < -0.39 is 0 Å². The molecule has 2 fully saturated rings. The van der Waals surface area contributed by atoms with Gasteiger partial charge in [-0.3, -0.25) is 14.6 Å². The van der Waals surface area contributed by atoms with Crippen LogP contribution in [0.15, 0.2) is 23.0 Å². The first-order valence-corrected chi connectivity index (χ1v) is 9.52. The average Bonchev–Trinajstić information content (AvgIpc) is 2.55. The summed E-state index contributed by atoms with van der Waals surface area (Å²) in [7, 11) is 1.87. The SMILES string of the molecule is CCOC1CC(N(C)C(=O)c2ccc3c(=O)[nH]c(=S)[nH]c3c2)C12CCC2. The second kappa shape index (κ2) is 6.32. The molecular formula is C19H23N3O3S. The van der Waals surface area contributed by atoms with Gasteiger partial charge >= 0.3 is 0 Å². The highest BCUT2D eigenvalue weighted by molar-refractivity contribution is 7.71. The van der Waals surface area contributed by atoms with Crippen molar-refractivity contribution in [3.05, 3.63) is 38.9 Å². The van der Waals surface area contributed by atoms with Crippen LogP contribution in [0.2, 0.25) is 0 Å². The summed E-state index contributed by atoms with van der Waals surface area (Å²) in [6.45, 7) is 2.74. The Morgan fingerprint density at radius 1 is 1.38 bits per heavy atom. The first-order chi connectivity index (χ1) is 12.5. The van der Waals surface area contributed by atoms with E-state index in [9.17, 15) is 9.59 Å². The summed E-state index contributed by atoms with van der Waals surface area (Å²) in [4.78, 5) is 32.4. The fraction of sp³-hybridized carbons (Fsp3) is 0.526. The van der Waals surface area contributed by atoms with Gasteiger partial charge in [-0.1, -0.05) is 6.42 Å². The number of nitrogens with zero attached hydrogens (tertiary/aromatic N) is 1. The molecule has 2 aromatic rings. The van der Waals surface area contributed by atoms with Crippen LogP contribution in [0.1, 0.15) is 43.0 Å². The number of benzene rings is 1. The maximum absolute atomic E-state index is 13.0. The smallest absolute Gasteiger partial charge is 0.259 e. The fourth-order valence-corrected chi connectivity index (χ4v) is 4.80. The Labute approximate surface area is 156 Å². The van der Waals surface area contributed by atoms with Crippen LogP contribution in [0.5, 0.6) is 0 Å². The number of carbonyl (C=O) groups is 1. The van der Waals surface area contributed by atoms with E-state index in [1.165, 1.54) is 6.42 Å². The second-order valence-corrected chi connectivity index (χ2v) is 7.78. The summed E-state index contributed by atoms with van der Waals surface area (Å²) in [6, 6.07) is 5.31. The monoisotopic (exact) mass is 373 g/mol. The largest absolute Gasteiger partial charge is 0.378 e. The number of aromatic nitrogens is 2. The number of amides is 1. The minimum Gasteiger partial charge on any atom is -0.378 e. The Balaban J connectivity index is 1.61. The summed E-state index contributed by atoms with van der Waals surface area (Å²) in [5, 5.41) is 0.494. The Morgan fingerprint density at radius 3 is 2.81 bits per heavy atom. The van der Waals surface area contributed by atoms with Gasteiger partial charge in [-0.2, -0.15) is 0 Å². The zero-order chi connectivity index (χ0) is 18.5. The molecule has 2 N–H and O–H groups in total. The number of ether oxygens (including phenoxy) is 1. The van der Waals surface area contributed by atoms with Crippen LogP contribution in [-0.2, 0) is 4.74 Å². The van der Waals surface area contributed by atoms with Gasteiger partial charge in [-0.15, -0.1) is 0 Å². The third kappa shape index (κ3) is 2.53. The van der Waals surface area contributed by atoms with Crippen molar-refractivity contribution in [2.75, 3.05) is 13.7 Å². The molecule has 7 heteroatoms. The lowest BCUT2D eigenvalue weighted by Crippen LogP contribution is -2.67. The lowest BCUT2D eigenvalue weighted by Gasteiger charge is -2.63. The van der Waals surface area contributed by atoms with Crippen molar-refractivity contribution in [3.63, 3.8) is 0 Å². The Morgan fingerprint density at radius 2 is 2.15 bits per heavy atom. The van der Waals surface area contributed by atoms with Crippen LogP contribution in [0.4, 0.5) is 0 Å². The Kier molecular flexibility index (Phi) is 4.23. The first-order valence-electron chi connectivity index (χ1n) is 9.11. The zero-order valence-corrected chi connectivity index (χ0v) is 15.8. The molecule has 2 aliphatic carbocycles. The average molecular weight is 373 g/mol. The van der Waals surface area contributed by atoms with E-state index in [1.807, 2.05) is 18.9 Å². The van der Waals surface area contributed by atoms with Gasteiger partial charge < -0.3 is 14.6 Å². The number of hydrogen-bond acceptors (Lipinski definition) is 4. The minimum absolute atomic E-state index is 0.0299. The molecule has 1 aromatic heterocycles. The van der Waals surface area contributed by atoms with E-state index in [0.717, 1.165) is 25.9 Å². The number of rotatable bonds is 4. The highest BCUT2D eigenvalue weighted by atomic mass is 32.1. The van der Waals surface area contributed by atoms with E-state index in [4.69, 9.17) is 17.0 Å². The molecule has 0 bridgehead atoms. The molecule has 0 aliphatic heterocycles. The van der Waals surface area contributed by atoms with Crippen LogP contribution >= 0.6 is 12.2 Å². The first kappa shape index (κ1) is 17.4. The molecular weight excluding hydrogens is 350 g/mol. The molecule has 138 valence electrons. The summed E-state index contributed by atoms with van der Waals surface area (Å²) < 4.78 is 6.15. The van der Waals surface area contributed by atoms with Crippen LogP contribution < -0.4 is 5.56 Å². The van der Waals surface area contributed by atoms with Gasteiger partial charge in [-0.05, 0) is 56.6 Å². The van der Waals surface area contributed by atoms with Gasteiger partial charge in [0.2, 0.25) is 0 Å². The summed E-state index contributed by atoms with van der Waals surface area (Å²) in [5.74, 6) is -0.0299. The van der Waals surface area contributed by atoms with Gasteiger partial charge in [0.1, 0.15) is 0 Å². The zero-order valence-electron chi connectivity index (χ0n) is 15.0. The van der Waals surface area contributed by atoms with Crippen molar-refractivity contribution in [1.82, 2.24) is 14.9 Å². The number of carbonyl (C=O) groups excluding carboxylic acids is 1. The van der Waals surface area contributed by atoms with Gasteiger partial charge in [0.15, 0.2) is 4.77 Å². The number of hydrogen-bond donors (Lipinski definition) is 2. The molecule has 2 saturated carbocycles. The van der Waals surface area contributed by atoms with Crippen molar-refractivity contribution in [1.29, 1.82) is 0 Å². The molecule has 1 amide bonds. The van der Waals surface area contributed by atoms with Gasteiger partial charge in [0, 0.05) is 30.7 Å². The maximum atomic E-state index is 13.0. The Hall–Kier alpha value is -1.99. The summed E-state index contributed by atoms with van der Waals surface area (Å²) >= 11 is 5.03. The van der Waals surface area contributed by atoms with Crippen molar-refractivity contribution in [3.8, 4) is 0 Å². The predicted octanol–water partition coefficient (Wildman–Crippen LogP) is 3.01. The molecule has 2 unspecified atom stereocenters. The van der Waals surface area contributed by atoms with Crippen molar-refractivity contribution in [2.45, 2.75) is 44.8 Å². The molecule has 2 atom stereocenters.